The van der Waals surface area contributed by atoms with Crippen molar-refractivity contribution in [2.45, 2.75) is 321 Å². The van der Waals surface area contributed by atoms with Crippen molar-refractivity contribution in [2.24, 2.45) is 0 Å². The molecule has 0 aliphatic carbocycles. The van der Waals surface area contributed by atoms with Crippen molar-refractivity contribution < 1.29 is 20.1 Å². The van der Waals surface area contributed by atoms with E-state index in [2.05, 4.69) is 19.2 Å². The maximum absolute atomic E-state index is 12.5. The van der Waals surface area contributed by atoms with Crippen LogP contribution >= 0.6 is 0 Å². The lowest BCUT2D eigenvalue weighted by Crippen LogP contribution is -2.48. The molecule has 59 heavy (non-hydrogen) atoms. The van der Waals surface area contributed by atoms with E-state index in [-0.39, 0.29) is 6.61 Å². The standard InChI is InChI=1S/C54H107NO4/c1-3-5-7-9-11-13-15-17-19-21-23-25-26-27-29-31-33-35-37-39-41-43-45-47-49-53(58)54(59)55-51(50-56)52(57)48-46-44-42-40-38-36-34-32-30-28-24-22-20-18-16-14-12-10-8-6-4-2/h46,48,51-53,56-58H,3-45,47,49-50H2,1-2H3,(H,55,59)/b48-46+. The summed E-state index contributed by atoms with van der Waals surface area (Å²) in [6, 6.07) is -0.794. The Morgan fingerprint density at radius 3 is 0.932 bits per heavy atom. The Labute approximate surface area is 369 Å². The normalized spacial score (nSPS) is 13.4. The van der Waals surface area contributed by atoms with Crippen LogP contribution in [-0.4, -0.2) is 46.1 Å². The van der Waals surface area contributed by atoms with E-state index in [4.69, 9.17) is 0 Å². The van der Waals surface area contributed by atoms with E-state index in [0.29, 0.717) is 6.42 Å². The van der Waals surface area contributed by atoms with E-state index in [1.54, 1.807) is 6.08 Å². The summed E-state index contributed by atoms with van der Waals surface area (Å²) < 4.78 is 0. The molecule has 0 aromatic rings. The number of hydrogen-bond acceptors (Lipinski definition) is 4. The van der Waals surface area contributed by atoms with Crippen LogP contribution in [0.5, 0.6) is 0 Å². The molecule has 0 aromatic carbocycles. The zero-order valence-electron chi connectivity index (χ0n) is 40.2. The second-order valence-corrected chi connectivity index (χ2v) is 18.8. The molecule has 0 fully saturated rings. The van der Waals surface area contributed by atoms with Crippen molar-refractivity contribution >= 4 is 5.91 Å². The van der Waals surface area contributed by atoms with Gasteiger partial charge in [0.15, 0.2) is 0 Å². The van der Waals surface area contributed by atoms with Crippen LogP contribution in [0.2, 0.25) is 0 Å². The highest BCUT2D eigenvalue weighted by Gasteiger charge is 2.22. The third-order valence-electron chi connectivity index (χ3n) is 12.9. The number of nitrogens with one attached hydrogen (secondary N) is 1. The van der Waals surface area contributed by atoms with Gasteiger partial charge < -0.3 is 20.6 Å². The average molecular weight is 834 g/mol. The van der Waals surface area contributed by atoms with Crippen LogP contribution < -0.4 is 5.32 Å². The molecule has 0 bridgehead atoms. The summed E-state index contributed by atoms with van der Waals surface area (Å²) in [6.45, 7) is 4.22. The molecule has 0 aliphatic heterocycles. The maximum atomic E-state index is 12.5. The molecule has 0 rings (SSSR count). The number of hydrogen-bond donors (Lipinski definition) is 4. The molecule has 5 heteroatoms. The van der Waals surface area contributed by atoms with Crippen molar-refractivity contribution in [3.05, 3.63) is 12.2 Å². The van der Waals surface area contributed by atoms with Gasteiger partial charge in [0.05, 0.1) is 18.8 Å². The van der Waals surface area contributed by atoms with E-state index >= 15 is 0 Å². The summed E-state index contributed by atoms with van der Waals surface area (Å²) >= 11 is 0. The molecule has 4 N–H and O–H groups in total. The van der Waals surface area contributed by atoms with Crippen LogP contribution in [0.15, 0.2) is 12.2 Å². The van der Waals surface area contributed by atoms with Gasteiger partial charge in [-0.3, -0.25) is 4.79 Å². The summed E-state index contributed by atoms with van der Waals surface area (Å²) in [5.41, 5.74) is 0. The first-order chi connectivity index (χ1) is 29.1. The van der Waals surface area contributed by atoms with E-state index in [0.717, 1.165) is 32.1 Å². The minimum absolute atomic E-state index is 0.358. The minimum atomic E-state index is -1.09. The summed E-state index contributed by atoms with van der Waals surface area (Å²) in [6.07, 6.45) is 61.4. The molecule has 3 unspecified atom stereocenters. The molecule has 0 radical (unpaired) electrons. The number of amides is 1. The average Bonchev–Trinajstić information content (AvgIpc) is 3.24. The molecular formula is C54H107NO4. The first-order valence-corrected chi connectivity index (χ1v) is 27.0. The Morgan fingerprint density at radius 1 is 0.407 bits per heavy atom. The van der Waals surface area contributed by atoms with Gasteiger partial charge in [-0.25, -0.2) is 0 Å². The lowest BCUT2D eigenvalue weighted by Gasteiger charge is -2.21. The first kappa shape index (κ1) is 58.1. The van der Waals surface area contributed by atoms with Crippen molar-refractivity contribution in [1.29, 1.82) is 0 Å². The Morgan fingerprint density at radius 2 is 0.661 bits per heavy atom. The third-order valence-corrected chi connectivity index (χ3v) is 12.9. The number of carbonyl (C=O) groups is 1. The zero-order chi connectivity index (χ0) is 43.0. The summed E-state index contributed by atoms with van der Waals surface area (Å²) in [7, 11) is 0. The fourth-order valence-corrected chi connectivity index (χ4v) is 8.66. The number of aliphatic hydroxyl groups is 3. The molecule has 0 spiro atoms. The van der Waals surface area contributed by atoms with Crippen LogP contribution in [-0.2, 0) is 4.79 Å². The van der Waals surface area contributed by atoms with E-state index in [9.17, 15) is 20.1 Å². The number of rotatable bonds is 50. The molecule has 5 nitrogen and oxygen atoms in total. The van der Waals surface area contributed by atoms with Crippen LogP contribution in [0.25, 0.3) is 0 Å². The van der Waals surface area contributed by atoms with Crippen molar-refractivity contribution in [2.75, 3.05) is 6.61 Å². The Hall–Kier alpha value is -0.910. The minimum Gasteiger partial charge on any atom is -0.394 e. The molecule has 352 valence electrons. The Kier molecular flexibility index (Phi) is 49.0. The molecule has 1 amide bonds. The predicted molar refractivity (Wildman–Crippen MR) is 259 cm³/mol. The van der Waals surface area contributed by atoms with Crippen molar-refractivity contribution in [3.63, 3.8) is 0 Å². The maximum Gasteiger partial charge on any atom is 0.249 e. The van der Waals surface area contributed by atoms with Gasteiger partial charge in [-0.15, -0.1) is 0 Å². The quantitative estimate of drug-likeness (QED) is 0.0363. The van der Waals surface area contributed by atoms with E-state index < -0.39 is 24.2 Å². The first-order valence-electron chi connectivity index (χ1n) is 27.0. The van der Waals surface area contributed by atoms with Gasteiger partial charge in [-0.1, -0.05) is 296 Å². The zero-order valence-corrected chi connectivity index (χ0v) is 40.2. The fraction of sp³-hybridized carbons (Fsp3) is 0.944. The van der Waals surface area contributed by atoms with Gasteiger partial charge in [-0.2, -0.15) is 0 Å². The van der Waals surface area contributed by atoms with Crippen molar-refractivity contribution in [3.8, 4) is 0 Å². The molecular weight excluding hydrogens is 727 g/mol. The molecule has 0 aliphatic rings. The number of unbranched alkanes of at least 4 members (excludes halogenated alkanes) is 42. The van der Waals surface area contributed by atoms with Crippen LogP contribution in [0.1, 0.15) is 303 Å². The predicted octanol–water partition coefficient (Wildman–Crippen LogP) is 16.3. The second-order valence-electron chi connectivity index (χ2n) is 18.8. The Bertz CT molecular complexity index is 833. The SMILES string of the molecule is CCCCCCCCCCCCCCCCCCCCC/C=C/C(O)C(CO)NC(=O)C(O)CCCCCCCCCCCCCCCCCCCCCCCCCC. The molecule has 3 atom stereocenters. The second kappa shape index (κ2) is 49.7. The highest BCUT2D eigenvalue weighted by atomic mass is 16.3. The molecule has 0 saturated carbocycles. The van der Waals surface area contributed by atoms with Gasteiger partial charge in [0.2, 0.25) is 5.91 Å². The summed E-state index contributed by atoms with van der Waals surface area (Å²) in [5, 5.41) is 33.3. The summed E-state index contributed by atoms with van der Waals surface area (Å²) in [5.74, 6) is -0.496. The smallest absolute Gasteiger partial charge is 0.249 e. The van der Waals surface area contributed by atoms with Gasteiger partial charge in [-0.05, 0) is 19.3 Å². The fourth-order valence-electron chi connectivity index (χ4n) is 8.66. The van der Waals surface area contributed by atoms with Gasteiger partial charge in [0.25, 0.3) is 0 Å². The van der Waals surface area contributed by atoms with Crippen LogP contribution in [0.3, 0.4) is 0 Å². The lowest BCUT2D eigenvalue weighted by atomic mass is 10.0. The number of aliphatic hydroxyl groups excluding tert-OH is 3. The van der Waals surface area contributed by atoms with E-state index in [1.807, 2.05) is 6.08 Å². The van der Waals surface area contributed by atoms with Gasteiger partial charge in [0, 0.05) is 0 Å². The van der Waals surface area contributed by atoms with Crippen LogP contribution in [0.4, 0.5) is 0 Å². The molecule has 0 saturated heterocycles. The summed E-state index contributed by atoms with van der Waals surface area (Å²) in [4.78, 5) is 12.5. The lowest BCUT2D eigenvalue weighted by molar-refractivity contribution is -0.131. The van der Waals surface area contributed by atoms with Crippen molar-refractivity contribution in [1.82, 2.24) is 5.32 Å². The number of allylic oxidation sites excluding steroid dienone is 1. The number of carbonyl (C=O) groups excluding carboxylic acids is 1. The van der Waals surface area contributed by atoms with Gasteiger partial charge in [0.1, 0.15) is 6.10 Å². The highest BCUT2D eigenvalue weighted by Crippen LogP contribution is 2.18. The van der Waals surface area contributed by atoms with Crippen LogP contribution in [0, 0.1) is 0 Å². The topological polar surface area (TPSA) is 89.8 Å². The largest absolute Gasteiger partial charge is 0.394 e. The third kappa shape index (κ3) is 44.9. The monoisotopic (exact) mass is 834 g/mol. The van der Waals surface area contributed by atoms with E-state index in [1.165, 1.54) is 250 Å². The molecule has 0 aromatic heterocycles. The molecule has 0 heterocycles. The highest BCUT2D eigenvalue weighted by molar-refractivity contribution is 5.80. The Balaban J connectivity index is 3.55. The van der Waals surface area contributed by atoms with Gasteiger partial charge >= 0.3 is 0 Å².